The third kappa shape index (κ3) is 3.61. The molecule has 1 unspecified atom stereocenters. The summed E-state index contributed by atoms with van der Waals surface area (Å²) in [6, 6.07) is 16.8. The SMILES string of the molecule is CCC1(c2ccc(NC(=O)c3cnn(-c4ccccc4)c3)cc2)CCC(=O)NC1=O. The van der Waals surface area contributed by atoms with Gasteiger partial charge in [0.2, 0.25) is 11.8 Å². The smallest absolute Gasteiger partial charge is 0.258 e. The average Bonchev–Trinajstić information content (AvgIpc) is 3.26. The van der Waals surface area contributed by atoms with Gasteiger partial charge >= 0.3 is 0 Å². The van der Waals surface area contributed by atoms with Crippen molar-refractivity contribution in [2.75, 3.05) is 5.32 Å². The molecule has 0 radical (unpaired) electrons. The van der Waals surface area contributed by atoms with Gasteiger partial charge in [-0.25, -0.2) is 4.68 Å². The van der Waals surface area contributed by atoms with E-state index in [9.17, 15) is 14.4 Å². The van der Waals surface area contributed by atoms with Gasteiger partial charge in [0.05, 0.1) is 22.9 Å². The van der Waals surface area contributed by atoms with E-state index in [1.807, 2.05) is 49.4 Å². The van der Waals surface area contributed by atoms with Crippen molar-refractivity contribution in [3.8, 4) is 5.69 Å². The van der Waals surface area contributed by atoms with E-state index >= 15 is 0 Å². The van der Waals surface area contributed by atoms with Crippen LogP contribution in [0.5, 0.6) is 0 Å². The first-order valence-corrected chi connectivity index (χ1v) is 9.88. The first kappa shape index (κ1) is 19.6. The first-order chi connectivity index (χ1) is 14.5. The topological polar surface area (TPSA) is 93.1 Å². The summed E-state index contributed by atoms with van der Waals surface area (Å²) in [5.74, 6) is -0.758. The molecule has 1 aromatic heterocycles. The predicted molar refractivity (Wildman–Crippen MR) is 112 cm³/mol. The van der Waals surface area contributed by atoms with E-state index in [2.05, 4.69) is 15.7 Å². The van der Waals surface area contributed by atoms with E-state index in [1.165, 1.54) is 6.20 Å². The Morgan fingerprint density at radius 2 is 1.87 bits per heavy atom. The molecule has 7 heteroatoms. The first-order valence-electron chi connectivity index (χ1n) is 9.88. The minimum absolute atomic E-state index is 0.232. The predicted octanol–water partition coefficient (Wildman–Crippen LogP) is 3.21. The maximum Gasteiger partial charge on any atom is 0.258 e. The molecule has 0 spiro atoms. The van der Waals surface area contributed by atoms with Crippen LogP contribution in [0.15, 0.2) is 67.0 Å². The van der Waals surface area contributed by atoms with Crippen molar-refractivity contribution in [3.63, 3.8) is 0 Å². The molecule has 0 bridgehead atoms. The molecule has 3 amide bonds. The van der Waals surface area contributed by atoms with Gasteiger partial charge in [-0.15, -0.1) is 0 Å². The number of piperidine rings is 1. The fourth-order valence-electron chi connectivity index (χ4n) is 3.80. The summed E-state index contributed by atoms with van der Waals surface area (Å²) in [6.45, 7) is 1.94. The van der Waals surface area contributed by atoms with Crippen molar-refractivity contribution < 1.29 is 14.4 Å². The van der Waals surface area contributed by atoms with E-state index in [0.29, 0.717) is 30.5 Å². The zero-order chi connectivity index (χ0) is 21.1. The molecule has 1 atom stereocenters. The molecular weight excluding hydrogens is 380 g/mol. The second kappa shape index (κ2) is 7.94. The van der Waals surface area contributed by atoms with Crippen molar-refractivity contribution in [1.29, 1.82) is 0 Å². The second-order valence-corrected chi connectivity index (χ2v) is 7.35. The van der Waals surface area contributed by atoms with Gasteiger partial charge in [0.15, 0.2) is 0 Å². The van der Waals surface area contributed by atoms with Crippen LogP contribution in [0.2, 0.25) is 0 Å². The molecule has 1 aliphatic heterocycles. The highest BCUT2D eigenvalue weighted by Crippen LogP contribution is 2.36. The number of imide groups is 1. The lowest BCUT2D eigenvalue weighted by molar-refractivity contribution is -0.138. The Labute approximate surface area is 174 Å². The highest BCUT2D eigenvalue weighted by Gasteiger charge is 2.42. The number of para-hydroxylation sites is 1. The molecule has 2 aromatic carbocycles. The van der Waals surface area contributed by atoms with Gasteiger partial charge < -0.3 is 5.32 Å². The molecule has 1 fully saturated rings. The molecule has 0 aliphatic carbocycles. The van der Waals surface area contributed by atoms with Crippen molar-refractivity contribution >= 4 is 23.4 Å². The van der Waals surface area contributed by atoms with E-state index in [-0.39, 0.29) is 17.7 Å². The maximum absolute atomic E-state index is 12.6. The molecule has 0 saturated carbocycles. The quantitative estimate of drug-likeness (QED) is 0.641. The van der Waals surface area contributed by atoms with Gasteiger partial charge in [-0.3, -0.25) is 19.7 Å². The fourth-order valence-corrected chi connectivity index (χ4v) is 3.80. The van der Waals surface area contributed by atoms with Crippen molar-refractivity contribution in [2.24, 2.45) is 0 Å². The third-order valence-electron chi connectivity index (χ3n) is 5.63. The number of carbonyl (C=O) groups is 3. The van der Waals surface area contributed by atoms with Crippen LogP contribution in [0.1, 0.15) is 42.1 Å². The number of nitrogens with one attached hydrogen (secondary N) is 2. The van der Waals surface area contributed by atoms with Gasteiger partial charge in [-0.05, 0) is 42.7 Å². The minimum Gasteiger partial charge on any atom is -0.322 e. The Morgan fingerprint density at radius 1 is 1.13 bits per heavy atom. The summed E-state index contributed by atoms with van der Waals surface area (Å²) < 4.78 is 1.64. The number of carbonyl (C=O) groups excluding carboxylic acids is 3. The van der Waals surface area contributed by atoms with Gasteiger partial charge in [0.1, 0.15) is 0 Å². The summed E-state index contributed by atoms with van der Waals surface area (Å²) in [5.41, 5.74) is 2.06. The normalized spacial score (nSPS) is 18.7. The molecule has 3 aromatic rings. The Morgan fingerprint density at radius 3 is 2.53 bits per heavy atom. The lowest BCUT2D eigenvalue weighted by Crippen LogP contribution is -2.51. The number of amides is 3. The zero-order valence-corrected chi connectivity index (χ0v) is 16.6. The largest absolute Gasteiger partial charge is 0.322 e. The van der Waals surface area contributed by atoms with Crippen LogP contribution in [0.4, 0.5) is 5.69 Å². The number of hydrogen-bond donors (Lipinski definition) is 2. The van der Waals surface area contributed by atoms with Gasteiger partial charge in [0.25, 0.3) is 5.91 Å². The summed E-state index contributed by atoms with van der Waals surface area (Å²) in [5, 5.41) is 9.54. The maximum atomic E-state index is 12.6. The lowest BCUT2D eigenvalue weighted by atomic mass is 9.72. The van der Waals surface area contributed by atoms with Crippen LogP contribution in [0, 0.1) is 0 Å². The Bertz CT molecular complexity index is 1090. The summed E-state index contributed by atoms with van der Waals surface area (Å²) in [7, 11) is 0. The highest BCUT2D eigenvalue weighted by atomic mass is 16.2. The molecule has 7 nitrogen and oxygen atoms in total. The monoisotopic (exact) mass is 402 g/mol. The second-order valence-electron chi connectivity index (χ2n) is 7.35. The van der Waals surface area contributed by atoms with Crippen LogP contribution in [0.25, 0.3) is 5.69 Å². The molecule has 2 N–H and O–H groups in total. The van der Waals surface area contributed by atoms with E-state index in [4.69, 9.17) is 0 Å². The third-order valence-corrected chi connectivity index (χ3v) is 5.63. The van der Waals surface area contributed by atoms with Crippen LogP contribution in [-0.2, 0) is 15.0 Å². The van der Waals surface area contributed by atoms with Crippen LogP contribution in [0.3, 0.4) is 0 Å². The lowest BCUT2D eigenvalue weighted by Gasteiger charge is -2.35. The Balaban J connectivity index is 1.49. The summed E-state index contributed by atoms with van der Waals surface area (Å²) >= 11 is 0. The number of benzene rings is 2. The fraction of sp³-hybridized carbons (Fsp3) is 0.217. The van der Waals surface area contributed by atoms with Gasteiger partial charge in [-0.2, -0.15) is 5.10 Å². The summed E-state index contributed by atoms with van der Waals surface area (Å²) in [4.78, 5) is 36.6. The molecule has 2 heterocycles. The molecule has 1 saturated heterocycles. The van der Waals surface area contributed by atoms with Crippen LogP contribution >= 0.6 is 0 Å². The van der Waals surface area contributed by atoms with Gasteiger partial charge in [-0.1, -0.05) is 37.3 Å². The van der Waals surface area contributed by atoms with E-state index < -0.39 is 5.41 Å². The van der Waals surface area contributed by atoms with Crippen molar-refractivity contribution in [2.45, 2.75) is 31.6 Å². The number of hydrogen-bond acceptors (Lipinski definition) is 4. The van der Waals surface area contributed by atoms with E-state index in [0.717, 1.165) is 11.3 Å². The number of anilines is 1. The standard InChI is InChI=1S/C23H22N4O3/c1-2-23(13-12-20(28)26-22(23)30)17-8-10-18(11-9-17)25-21(29)16-14-24-27(15-16)19-6-4-3-5-7-19/h3-11,14-15H,2,12-13H2,1H3,(H,25,29)(H,26,28,30). The molecular formula is C23H22N4O3. The molecule has 1 aliphatic rings. The van der Waals surface area contributed by atoms with Gasteiger partial charge in [0, 0.05) is 18.3 Å². The van der Waals surface area contributed by atoms with Crippen LogP contribution in [-0.4, -0.2) is 27.5 Å². The number of aromatic nitrogens is 2. The van der Waals surface area contributed by atoms with Crippen LogP contribution < -0.4 is 10.6 Å². The number of rotatable bonds is 5. The van der Waals surface area contributed by atoms with Crippen molar-refractivity contribution in [3.05, 3.63) is 78.1 Å². The molecule has 4 rings (SSSR count). The van der Waals surface area contributed by atoms with Crippen molar-refractivity contribution in [1.82, 2.24) is 15.1 Å². The number of nitrogens with zero attached hydrogens (tertiary/aromatic N) is 2. The van der Waals surface area contributed by atoms with E-state index in [1.54, 1.807) is 23.0 Å². The highest BCUT2D eigenvalue weighted by molar-refractivity contribution is 6.05. The Hall–Kier alpha value is -3.74. The minimum atomic E-state index is -0.715. The molecule has 152 valence electrons. The summed E-state index contributed by atoms with van der Waals surface area (Å²) in [6.07, 6.45) is 4.60. The zero-order valence-electron chi connectivity index (χ0n) is 16.6. The Kier molecular flexibility index (Phi) is 5.18. The average molecular weight is 402 g/mol. The molecule has 30 heavy (non-hydrogen) atoms.